The molecule has 0 aliphatic carbocycles. The molecule has 0 saturated carbocycles. The summed E-state index contributed by atoms with van der Waals surface area (Å²) in [5, 5.41) is 0.241. The van der Waals surface area contributed by atoms with Crippen molar-refractivity contribution in [2.24, 2.45) is 0 Å². The first-order valence-corrected chi connectivity index (χ1v) is 7.62. The number of aromatic nitrogens is 2. The topological polar surface area (TPSA) is 58.6 Å². The van der Waals surface area contributed by atoms with E-state index in [4.69, 9.17) is 16.3 Å². The lowest BCUT2D eigenvalue weighted by molar-refractivity contribution is 0.0936. The highest BCUT2D eigenvalue weighted by molar-refractivity contribution is 6.34. The molecule has 120 valence electrons. The summed E-state index contributed by atoms with van der Waals surface area (Å²) in [5.41, 5.74) is 0.921. The molecule has 1 atom stereocenters. The number of rotatable bonds is 3. The fourth-order valence-corrected chi connectivity index (χ4v) is 2.78. The van der Waals surface area contributed by atoms with E-state index in [0.29, 0.717) is 18.8 Å². The van der Waals surface area contributed by atoms with Crippen LogP contribution in [0.5, 0.6) is 5.75 Å². The van der Waals surface area contributed by atoms with Crippen LogP contribution in [0.3, 0.4) is 0 Å². The number of halogens is 1. The van der Waals surface area contributed by atoms with Gasteiger partial charge in [0.05, 0.1) is 17.3 Å². The van der Waals surface area contributed by atoms with Gasteiger partial charge in [0.25, 0.3) is 5.91 Å². The minimum absolute atomic E-state index is 0.121. The molecule has 3 rings (SSSR count). The number of hydrogen-bond acceptors (Lipinski definition) is 5. The zero-order valence-corrected chi connectivity index (χ0v) is 13.7. The van der Waals surface area contributed by atoms with Crippen molar-refractivity contribution in [2.45, 2.75) is 6.10 Å². The van der Waals surface area contributed by atoms with Gasteiger partial charge in [-0.1, -0.05) is 23.7 Å². The summed E-state index contributed by atoms with van der Waals surface area (Å²) in [6.07, 6.45) is 2.62. The maximum Gasteiger partial charge on any atom is 0.278 e. The van der Waals surface area contributed by atoms with Crippen LogP contribution in [0.15, 0.2) is 36.8 Å². The molecule has 23 heavy (non-hydrogen) atoms. The van der Waals surface area contributed by atoms with Crippen LogP contribution in [0.1, 0.15) is 10.5 Å². The number of carbonyl (C=O) groups excluding carboxylic acids is 1. The van der Waals surface area contributed by atoms with Crippen LogP contribution in [-0.2, 0) is 0 Å². The first kappa shape index (κ1) is 15.7. The number of hydrogen-bond donors (Lipinski definition) is 0. The molecule has 0 bridgehead atoms. The molecule has 7 heteroatoms. The van der Waals surface area contributed by atoms with E-state index in [0.717, 1.165) is 5.69 Å². The molecule has 1 aromatic carbocycles. The fourth-order valence-electron chi connectivity index (χ4n) is 2.59. The first-order valence-electron chi connectivity index (χ1n) is 7.24. The number of para-hydroxylation sites is 2. The molecule has 1 aromatic heterocycles. The van der Waals surface area contributed by atoms with E-state index in [-0.39, 0.29) is 22.7 Å². The lowest BCUT2D eigenvalue weighted by Crippen LogP contribution is -2.47. The van der Waals surface area contributed by atoms with Gasteiger partial charge in [0.2, 0.25) is 0 Å². The molecule has 0 N–H and O–H groups in total. The molecule has 0 radical (unpaired) electrons. The number of benzene rings is 1. The Morgan fingerprint density at radius 1 is 1.43 bits per heavy atom. The SMILES string of the molecule is CN(C)CC1CN(C(=O)c2ncncc2Cl)c2ccccc2O1. The normalized spacial score (nSPS) is 16.9. The largest absolute Gasteiger partial charge is 0.485 e. The average Bonchev–Trinajstić information content (AvgIpc) is 2.53. The highest BCUT2D eigenvalue weighted by atomic mass is 35.5. The van der Waals surface area contributed by atoms with E-state index in [9.17, 15) is 4.79 Å². The summed E-state index contributed by atoms with van der Waals surface area (Å²) in [7, 11) is 3.94. The third kappa shape index (κ3) is 3.28. The van der Waals surface area contributed by atoms with Gasteiger partial charge in [-0.15, -0.1) is 0 Å². The predicted octanol–water partition coefficient (Wildman–Crippen LogP) is 2.10. The van der Waals surface area contributed by atoms with Gasteiger partial charge in [-0.2, -0.15) is 0 Å². The zero-order valence-electron chi connectivity index (χ0n) is 12.9. The van der Waals surface area contributed by atoms with Gasteiger partial charge in [-0.3, -0.25) is 9.69 Å². The van der Waals surface area contributed by atoms with Crippen molar-refractivity contribution >= 4 is 23.2 Å². The van der Waals surface area contributed by atoms with Crippen LogP contribution >= 0.6 is 11.6 Å². The van der Waals surface area contributed by atoms with Crippen molar-refractivity contribution in [1.82, 2.24) is 14.9 Å². The van der Waals surface area contributed by atoms with E-state index >= 15 is 0 Å². The molecule has 0 spiro atoms. The van der Waals surface area contributed by atoms with Crippen LogP contribution < -0.4 is 9.64 Å². The van der Waals surface area contributed by atoms with Crippen molar-refractivity contribution in [3.8, 4) is 5.75 Å². The summed E-state index contributed by atoms with van der Waals surface area (Å²) in [5.74, 6) is 0.432. The van der Waals surface area contributed by atoms with Gasteiger partial charge in [-0.25, -0.2) is 9.97 Å². The fraction of sp³-hybridized carbons (Fsp3) is 0.312. The standard InChI is InChI=1S/C16H17ClN4O2/c1-20(2)8-11-9-21(13-5-3-4-6-14(13)23-11)16(22)15-12(17)7-18-10-19-15/h3-7,10-11H,8-9H2,1-2H3. The molecule has 2 heterocycles. The molecular formula is C16H17ClN4O2. The number of anilines is 1. The molecule has 0 fully saturated rings. The van der Waals surface area contributed by atoms with E-state index in [1.165, 1.54) is 12.5 Å². The van der Waals surface area contributed by atoms with Gasteiger partial charge in [0.1, 0.15) is 18.2 Å². The number of carbonyl (C=O) groups is 1. The summed E-state index contributed by atoms with van der Waals surface area (Å²) >= 11 is 6.07. The van der Waals surface area contributed by atoms with E-state index in [1.54, 1.807) is 4.90 Å². The lowest BCUT2D eigenvalue weighted by Gasteiger charge is -2.35. The van der Waals surface area contributed by atoms with Gasteiger partial charge in [0, 0.05) is 12.7 Å². The Morgan fingerprint density at radius 3 is 2.96 bits per heavy atom. The molecular weight excluding hydrogens is 316 g/mol. The smallest absolute Gasteiger partial charge is 0.278 e. The van der Waals surface area contributed by atoms with Crippen LogP contribution in [0.25, 0.3) is 0 Å². The summed E-state index contributed by atoms with van der Waals surface area (Å²) in [6, 6.07) is 7.47. The molecule has 1 aliphatic heterocycles. The van der Waals surface area contributed by atoms with E-state index in [1.807, 2.05) is 43.3 Å². The van der Waals surface area contributed by atoms with Crippen LogP contribution in [0.2, 0.25) is 5.02 Å². The molecule has 2 aromatic rings. The molecule has 1 aliphatic rings. The summed E-state index contributed by atoms with van der Waals surface area (Å²) < 4.78 is 5.99. The quantitative estimate of drug-likeness (QED) is 0.861. The highest BCUT2D eigenvalue weighted by Crippen LogP contribution is 2.34. The Labute approximate surface area is 139 Å². The van der Waals surface area contributed by atoms with Crippen LogP contribution in [0, 0.1) is 0 Å². The first-order chi connectivity index (χ1) is 11.1. The van der Waals surface area contributed by atoms with Crippen molar-refractivity contribution in [1.29, 1.82) is 0 Å². The monoisotopic (exact) mass is 332 g/mol. The second kappa shape index (κ2) is 6.52. The van der Waals surface area contributed by atoms with Gasteiger partial charge in [-0.05, 0) is 26.2 Å². The van der Waals surface area contributed by atoms with E-state index in [2.05, 4.69) is 9.97 Å². The third-order valence-corrected chi connectivity index (χ3v) is 3.80. The Morgan fingerprint density at radius 2 is 2.22 bits per heavy atom. The number of ether oxygens (including phenoxy) is 1. The van der Waals surface area contributed by atoms with Crippen molar-refractivity contribution in [3.63, 3.8) is 0 Å². The van der Waals surface area contributed by atoms with Crippen LogP contribution in [-0.4, -0.2) is 54.1 Å². The maximum absolute atomic E-state index is 12.9. The minimum Gasteiger partial charge on any atom is -0.485 e. The highest BCUT2D eigenvalue weighted by Gasteiger charge is 2.31. The Kier molecular flexibility index (Phi) is 4.45. The van der Waals surface area contributed by atoms with Gasteiger partial charge >= 0.3 is 0 Å². The number of amides is 1. The second-order valence-corrected chi connectivity index (χ2v) is 6.01. The van der Waals surface area contributed by atoms with E-state index < -0.39 is 0 Å². The summed E-state index contributed by atoms with van der Waals surface area (Å²) in [4.78, 5) is 24.4. The summed E-state index contributed by atoms with van der Waals surface area (Å²) in [6.45, 7) is 1.14. The van der Waals surface area contributed by atoms with Gasteiger partial charge < -0.3 is 9.64 Å². The number of likely N-dealkylation sites (N-methyl/N-ethyl adjacent to an activating group) is 1. The van der Waals surface area contributed by atoms with Crippen molar-refractivity contribution < 1.29 is 9.53 Å². The number of nitrogens with zero attached hydrogens (tertiary/aromatic N) is 4. The molecule has 0 saturated heterocycles. The number of fused-ring (bicyclic) bond motifs is 1. The predicted molar refractivity (Wildman–Crippen MR) is 88.1 cm³/mol. The second-order valence-electron chi connectivity index (χ2n) is 5.60. The maximum atomic E-state index is 12.9. The molecule has 1 unspecified atom stereocenters. The van der Waals surface area contributed by atoms with Crippen molar-refractivity contribution in [3.05, 3.63) is 47.5 Å². The molecule has 6 nitrogen and oxygen atoms in total. The molecule has 1 amide bonds. The average molecular weight is 333 g/mol. The zero-order chi connectivity index (χ0) is 16.4. The Balaban J connectivity index is 1.96. The lowest BCUT2D eigenvalue weighted by atomic mass is 10.1. The van der Waals surface area contributed by atoms with Crippen LogP contribution in [0.4, 0.5) is 5.69 Å². The third-order valence-electron chi connectivity index (χ3n) is 3.52. The minimum atomic E-state index is -0.253. The Bertz CT molecular complexity index is 723. The van der Waals surface area contributed by atoms with Crippen molar-refractivity contribution in [2.75, 3.05) is 32.1 Å². The van der Waals surface area contributed by atoms with Gasteiger partial charge in [0.15, 0.2) is 5.69 Å². The Hall–Kier alpha value is -2.18.